The van der Waals surface area contributed by atoms with Crippen LogP contribution in [0.2, 0.25) is 0 Å². The zero-order valence-corrected chi connectivity index (χ0v) is 10.7. The first-order chi connectivity index (χ1) is 7.53. The van der Waals surface area contributed by atoms with Crippen molar-refractivity contribution in [3.63, 3.8) is 0 Å². The Balaban J connectivity index is 2.33. The number of likely N-dealkylation sites (tertiary alicyclic amines) is 1. The molecule has 1 aliphatic rings. The zero-order chi connectivity index (χ0) is 12.0. The van der Waals surface area contributed by atoms with Gasteiger partial charge in [-0.1, -0.05) is 0 Å². The molecule has 1 heterocycles. The molecule has 1 unspecified atom stereocenters. The van der Waals surface area contributed by atoms with Crippen molar-refractivity contribution in [3.8, 4) is 0 Å². The minimum absolute atomic E-state index is 0.0536. The summed E-state index contributed by atoms with van der Waals surface area (Å²) in [5, 5.41) is 8.60. The predicted molar refractivity (Wildman–Crippen MR) is 63.8 cm³/mol. The van der Waals surface area contributed by atoms with E-state index >= 15 is 0 Å². The van der Waals surface area contributed by atoms with E-state index in [1.54, 1.807) is 0 Å². The molecule has 96 valence electrons. The molecular formula is C10H22N2O3S. The van der Waals surface area contributed by atoms with Crippen LogP contribution in [0, 0.1) is 0 Å². The van der Waals surface area contributed by atoms with Crippen LogP contribution in [0.1, 0.15) is 25.7 Å². The minimum atomic E-state index is -3.16. The summed E-state index contributed by atoms with van der Waals surface area (Å²) < 4.78 is 26.1. The molecule has 16 heavy (non-hydrogen) atoms. The summed E-state index contributed by atoms with van der Waals surface area (Å²) in [5.74, 6) is 0.119. The number of aliphatic hydroxyl groups is 1. The zero-order valence-electron chi connectivity index (χ0n) is 9.85. The summed E-state index contributed by atoms with van der Waals surface area (Å²) in [6.45, 7) is 1.89. The van der Waals surface area contributed by atoms with Crippen LogP contribution in [0.4, 0.5) is 0 Å². The van der Waals surface area contributed by atoms with Crippen LogP contribution in [0.15, 0.2) is 0 Å². The van der Waals surface area contributed by atoms with Gasteiger partial charge >= 0.3 is 0 Å². The lowest BCUT2D eigenvalue weighted by molar-refractivity contribution is 0.242. The van der Waals surface area contributed by atoms with Crippen molar-refractivity contribution in [2.45, 2.75) is 31.7 Å². The van der Waals surface area contributed by atoms with Crippen LogP contribution in [-0.2, 0) is 10.0 Å². The molecule has 6 heteroatoms. The Hall–Kier alpha value is -0.170. The SMILES string of the molecule is CN1CCCC(NS(=O)(=O)CCCCO)C1. The second kappa shape index (κ2) is 6.54. The van der Waals surface area contributed by atoms with Gasteiger partial charge in [-0.05, 0) is 39.3 Å². The van der Waals surface area contributed by atoms with Gasteiger partial charge in [0.1, 0.15) is 0 Å². The van der Waals surface area contributed by atoms with Gasteiger partial charge in [-0.3, -0.25) is 0 Å². The van der Waals surface area contributed by atoms with Gasteiger partial charge < -0.3 is 10.0 Å². The van der Waals surface area contributed by atoms with Gasteiger partial charge in [-0.15, -0.1) is 0 Å². The number of hydrogen-bond acceptors (Lipinski definition) is 4. The summed E-state index contributed by atoms with van der Waals surface area (Å²) in [6.07, 6.45) is 3.03. The maximum absolute atomic E-state index is 11.7. The van der Waals surface area contributed by atoms with Gasteiger partial charge in [0.25, 0.3) is 0 Å². The molecule has 0 amide bonds. The first-order valence-corrected chi connectivity index (χ1v) is 7.48. The van der Waals surface area contributed by atoms with Gasteiger partial charge in [-0.2, -0.15) is 0 Å². The number of aliphatic hydroxyl groups excluding tert-OH is 1. The van der Waals surface area contributed by atoms with E-state index in [1.165, 1.54) is 0 Å². The Kier molecular flexibility index (Phi) is 5.68. The highest BCUT2D eigenvalue weighted by Gasteiger charge is 2.21. The normalized spacial score (nSPS) is 23.5. The Morgan fingerprint density at radius 2 is 2.19 bits per heavy atom. The van der Waals surface area contributed by atoms with Crippen LogP contribution in [0.25, 0.3) is 0 Å². The number of sulfonamides is 1. The van der Waals surface area contributed by atoms with Crippen LogP contribution in [0.5, 0.6) is 0 Å². The number of nitrogens with one attached hydrogen (secondary N) is 1. The summed E-state index contributed by atoms with van der Waals surface area (Å²) in [6, 6.07) is 0.0536. The fourth-order valence-corrected chi connectivity index (χ4v) is 3.38. The molecular weight excluding hydrogens is 228 g/mol. The van der Waals surface area contributed by atoms with E-state index in [1.807, 2.05) is 7.05 Å². The van der Waals surface area contributed by atoms with E-state index in [2.05, 4.69) is 9.62 Å². The van der Waals surface area contributed by atoms with E-state index < -0.39 is 10.0 Å². The molecule has 0 aliphatic carbocycles. The van der Waals surface area contributed by atoms with Gasteiger partial charge in [0, 0.05) is 19.2 Å². The first-order valence-electron chi connectivity index (χ1n) is 5.83. The fraction of sp³-hybridized carbons (Fsp3) is 1.00. The topological polar surface area (TPSA) is 69.6 Å². The molecule has 1 atom stereocenters. The number of likely N-dealkylation sites (N-methyl/N-ethyl adjacent to an activating group) is 1. The van der Waals surface area contributed by atoms with Gasteiger partial charge in [0.2, 0.25) is 10.0 Å². The third kappa shape index (κ3) is 5.25. The van der Waals surface area contributed by atoms with Crippen molar-refractivity contribution in [1.82, 2.24) is 9.62 Å². The maximum Gasteiger partial charge on any atom is 0.211 e. The molecule has 1 fully saturated rings. The largest absolute Gasteiger partial charge is 0.396 e. The van der Waals surface area contributed by atoms with E-state index in [0.29, 0.717) is 12.8 Å². The fourth-order valence-electron chi connectivity index (χ4n) is 1.98. The number of hydrogen-bond donors (Lipinski definition) is 2. The van der Waals surface area contributed by atoms with Gasteiger partial charge in [-0.25, -0.2) is 13.1 Å². The number of nitrogens with zero attached hydrogens (tertiary/aromatic N) is 1. The molecule has 0 aromatic heterocycles. The summed E-state index contributed by atoms with van der Waals surface area (Å²) in [4.78, 5) is 2.14. The summed E-state index contributed by atoms with van der Waals surface area (Å²) in [7, 11) is -1.16. The highest BCUT2D eigenvalue weighted by molar-refractivity contribution is 7.89. The predicted octanol–water partition coefficient (Wildman–Crippen LogP) is -0.227. The Bertz CT molecular complexity index is 292. The highest BCUT2D eigenvalue weighted by atomic mass is 32.2. The molecule has 0 radical (unpaired) electrons. The molecule has 1 rings (SSSR count). The molecule has 5 nitrogen and oxygen atoms in total. The Morgan fingerprint density at radius 1 is 1.44 bits per heavy atom. The van der Waals surface area contributed by atoms with Crippen LogP contribution < -0.4 is 4.72 Å². The van der Waals surface area contributed by atoms with E-state index in [9.17, 15) is 8.42 Å². The van der Waals surface area contributed by atoms with Gasteiger partial charge in [0.05, 0.1) is 5.75 Å². The van der Waals surface area contributed by atoms with E-state index in [0.717, 1.165) is 25.9 Å². The second-order valence-corrected chi connectivity index (χ2v) is 6.34. The standard InChI is InChI=1S/C10H22N2O3S/c1-12-6-4-5-10(9-12)11-16(14,15)8-3-2-7-13/h10-11,13H,2-9H2,1H3. The second-order valence-electron chi connectivity index (χ2n) is 4.47. The Labute approximate surface area is 97.9 Å². The third-order valence-corrected chi connectivity index (χ3v) is 4.31. The molecule has 1 saturated heterocycles. The van der Waals surface area contributed by atoms with Crippen LogP contribution in [-0.4, -0.2) is 57.0 Å². The smallest absolute Gasteiger partial charge is 0.211 e. The lowest BCUT2D eigenvalue weighted by Gasteiger charge is -2.29. The van der Waals surface area contributed by atoms with Gasteiger partial charge in [0.15, 0.2) is 0 Å². The van der Waals surface area contributed by atoms with Crippen molar-refractivity contribution >= 4 is 10.0 Å². The first kappa shape index (κ1) is 13.9. The van der Waals surface area contributed by atoms with Crippen molar-refractivity contribution < 1.29 is 13.5 Å². The molecule has 1 aliphatic heterocycles. The maximum atomic E-state index is 11.7. The lowest BCUT2D eigenvalue weighted by atomic mass is 10.1. The summed E-state index contributed by atoms with van der Waals surface area (Å²) in [5.41, 5.74) is 0. The average molecular weight is 250 g/mol. The van der Waals surface area contributed by atoms with Crippen molar-refractivity contribution in [1.29, 1.82) is 0 Å². The molecule has 0 bridgehead atoms. The van der Waals surface area contributed by atoms with Crippen LogP contribution >= 0.6 is 0 Å². The van der Waals surface area contributed by atoms with Crippen molar-refractivity contribution in [3.05, 3.63) is 0 Å². The summed E-state index contributed by atoms with van der Waals surface area (Å²) >= 11 is 0. The third-order valence-electron chi connectivity index (χ3n) is 2.79. The van der Waals surface area contributed by atoms with Crippen molar-refractivity contribution in [2.24, 2.45) is 0 Å². The number of rotatable bonds is 6. The molecule has 0 aromatic rings. The van der Waals surface area contributed by atoms with E-state index in [4.69, 9.17) is 5.11 Å². The Morgan fingerprint density at radius 3 is 2.81 bits per heavy atom. The number of unbranched alkanes of at least 4 members (excludes halogenated alkanes) is 1. The monoisotopic (exact) mass is 250 g/mol. The number of piperidine rings is 1. The quantitative estimate of drug-likeness (QED) is 0.639. The van der Waals surface area contributed by atoms with Crippen LogP contribution in [0.3, 0.4) is 0 Å². The minimum Gasteiger partial charge on any atom is -0.396 e. The molecule has 0 saturated carbocycles. The van der Waals surface area contributed by atoms with E-state index in [-0.39, 0.29) is 18.4 Å². The average Bonchev–Trinajstić information content (AvgIpc) is 2.17. The molecule has 0 spiro atoms. The van der Waals surface area contributed by atoms with Crippen molar-refractivity contribution in [2.75, 3.05) is 32.5 Å². The molecule has 0 aromatic carbocycles. The lowest BCUT2D eigenvalue weighted by Crippen LogP contribution is -2.46. The highest BCUT2D eigenvalue weighted by Crippen LogP contribution is 2.09. The molecule has 2 N–H and O–H groups in total.